The standard InChI is InChI=1S/C14H16FNO3/c1-5-6-16(13(17)14(18)19-4)12-9(2)7-11(15)8-10(12)3/h5,7-8H,1,6H2,2-4H3. The molecule has 0 unspecified atom stereocenters. The minimum atomic E-state index is -0.968. The molecule has 102 valence electrons. The Balaban J connectivity index is 3.31. The summed E-state index contributed by atoms with van der Waals surface area (Å²) >= 11 is 0. The summed E-state index contributed by atoms with van der Waals surface area (Å²) in [5.41, 5.74) is 1.63. The van der Waals surface area contributed by atoms with Crippen LogP contribution in [-0.2, 0) is 14.3 Å². The van der Waals surface area contributed by atoms with Gasteiger partial charge in [-0.25, -0.2) is 9.18 Å². The van der Waals surface area contributed by atoms with E-state index in [-0.39, 0.29) is 12.4 Å². The molecule has 0 aliphatic rings. The first-order valence-corrected chi connectivity index (χ1v) is 5.69. The molecule has 0 fully saturated rings. The van der Waals surface area contributed by atoms with E-state index in [4.69, 9.17) is 0 Å². The summed E-state index contributed by atoms with van der Waals surface area (Å²) in [7, 11) is 1.14. The van der Waals surface area contributed by atoms with E-state index in [2.05, 4.69) is 11.3 Å². The molecule has 4 nitrogen and oxygen atoms in total. The molecule has 0 radical (unpaired) electrons. The second-order valence-electron chi connectivity index (χ2n) is 4.08. The maximum atomic E-state index is 13.3. The molecule has 0 aromatic heterocycles. The molecule has 1 aromatic rings. The van der Waals surface area contributed by atoms with Crippen LogP contribution in [0.2, 0.25) is 0 Å². The zero-order valence-electron chi connectivity index (χ0n) is 11.2. The number of ether oxygens (including phenoxy) is 1. The second kappa shape index (κ2) is 6.13. The Morgan fingerprint density at radius 3 is 2.32 bits per heavy atom. The second-order valence-corrected chi connectivity index (χ2v) is 4.08. The van der Waals surface area contributed by atoms with Gasteiger partial charge in [0.1, 0.15) is 5.82 Å². The van der Waals surface area contributed by atoms with Gasteiger partial charge in [0.2, 0.25) is 0 Å². The summed E-state index contributed by atoms with van der Waals surface area (Å²) in [6.45, 7) is 7.04. The SMILES string of the molecule is C=CCN(C(=O)C(=O)OC)c1c(C)cc(F)cc1C. The highest BCUT2D eigenvalue weighted by molar-refractivity contribution is 6.38. The quantitative estimate of drug-likeness (QED) is 0.478. The molecule has 0 aliphatic carbocycles. The van der Waals surface area contributed by atoms with Gasteiger partial charge in [-0.3, -0.25) is 9.69 Å². The molecule has 0 bridgehead atoms. The van der Waals surface area contributed by atoms with Gasteiger partial charge in [-0.05, 0) is 37.1 Å². The van der Waals surface area contributed by atoms with Gasteiger partial charge >= 0.3 is 11.9 Å². The van der Waals surface area contributed by atoms with Crippen molar-refractivity contribution in [1.82, 2.24) is 0 Å². The maximum Gasteiger partial charge on any atom is 0.397 e. The van der Waals surface area contributed by atoms with E-state index in [1.54, 1.807) is 13.8 Å². The van der Waals surface area contributed by atoms with Gasteiger partial charge in [0.05, 0.1) is 12.8 Å². The normalized spacial score (nSPS) is 9.89. The van der Waals surface area contributed by atoms with Crippen LogP contribution < -0.4 is 4.90 Å². The van der Waals surface area contributed by atoms with E-state index in [1.807, 2.05) is 0 Å². The number of nitrogens with zero attached hydrogens (tertiary/aromatic N) is 1. The molecule has 0 atom stereocenters. The van der Waals surface area contributed by atoms with Gasteiger partial charge in [-0.15, -0.1) is 6.58 Å². The topological polar surface area (TPSA) is 46.6 Å². The predicted molar refractivity (Wildman–Crippen MR) is 70.4 cm³/mol. The fraction of sp³-hybridized carbons (Fsp3) is 0.286. The predicted octanol–water partition coefficient (Wildman–Crippen LogP) is 2.13. The van der Waals surface area contributed by atoms with Crippen molar-refractivity contribution in [3.8, 4) is 0 Å². The van der Waals surface area contributed by atoms with Crippen LogP contribution >= 0.6 is 0 Å². The third kappa shape index (κ3) is 3.19. The Labute approximate surface area is 111 Å². The van der Waals surface area contributed by atoms with Gasteiger partial charge in [0.25, 0.3) is 0 Å². The molecule has 0 spiro atoms. The molecular formula is C14H16FNO3. The van der Waals surface area contributed by atoms with Gasteiger partial charge in [-0.1, -0.05) is 6.08 Å². The van der Waals surface area contributed by atoms with Crippen molar-refractivity contribution in [3.63, 3.8) is 0 Å². The lowest BCUT2D eigenvalue weighted by molar-refractivity contribution is -0.151. The number of methoxy groups -OCH3 is 1. The van der Waals surface area contributed by atoms with Crippen LogP contribution in [-0.4, -0.2) is 25.5 Å². The van der Waals surface area contributed by atoms with Crippen LogP contribution in [0, 0.1) is 19.7 Å². The van der Waals surface area contributed by atoms with Gasteiger partial charge in [-0.2, -0.15) is 0 Å². The van der Waals surface area contributed by atoms with Gasteiger partial charge in [0.15, 0.2) is 0 Å². The van der Waals surface area contributed by atoms with Crippen molar-refractivity contribution in [2.45, 2.75) is 13.8 Å². The number of carbonyl (C=O) groups excluding carboxylic acids is 2. The number of esters is 1. The monoisotopic (exact) mass is 265 g/mol. The van der Waals surface area contributed by atoms with E-state index in [0.717, 1.165) is 7.11 Å². The number of rotatable bonds is 3. The number of hydrogen-bond acceptors (Lipinski definition) is 3. The first kappa shape index (κ1) is 14.9. The minimum Gasteiger partial charge on any atom is -0.462 e. The molecular weight excluding hydrogens is 249 g/mol. The van der Waals surface area contributed by atoms with Crippen LogP contribution in [0.5, 0.6) is 0 Å². The third-order valence-corrected chi connectivity index (χ3v) is 2.64. The van der Waals surface area contributed by atoms with Crippen molar-refractivity contribution in [2.24, 2.45) is 0 Å². The summed E-state index contributed by atoms with van der Waals surface area (Å²) in [6, 6.07) is 2.62. The first-order valence-electron chi connectivity index (χ1n) is 5.69. The Kier molecular flexibility index (Phi) is 4.80. The zero-order chi connectivity index (χ0) is 14.6. The Hall–Kier alpha value is -2.17. The van der Waals surface area contributed by atoms with E-state index < -0.39 is 11.9 Å². The molecule has 0 saturated carbocycles. The molecule has 1 rings (SSSR count). The van der Waals surface area contributed by atoms with Gasteiger partial charge in [0, 0.05) is 6.54 Å². The Morgan fingerprint density at radius 2 is 1.89 bits per heavy atom. The van der Waals surface area contributed by atoms with Crippen LogP contribution in [0.3, 0.4) is 0 Å². The van der Waals surface area contributed by atoms with Crippen molar-refractivity contribution in [1.29, 1.82) is 0 Å². The molecule has 0 N–H and O–H groups in total. The number of halogens is 1. The highest BCUT2D eigenvalue weighted by atomic mass is 19.1. The van der Waals surface area contributed by atoms with Gasteiger partial charge < -0.3 is 4.74 Å². The molecule has 19 heavy (non-hydrogen) atoms. The molecule has 1 aromatic carbocycles. The van der Waals surface area contributed by atoms with Crippen molar-refractivity contribution >= 4 is 17.6 Å². The van der Waals surface area contributed by atoms with Crippen LogP contribution in [0.4, 0.5) is 10.1 Å². The van der Waals surface area contributed by atoms with Crippen molar-refractivity contribution in [2.75, 3.05) is 18.6 Å². The number of hydrogen-bond donors (Lipinski definition) is 0. The van der Waals surface area contributed by atoms with E-state index >= 15 is 0 Å². The lowest BCUT2D eigenvalue weighted by Crippen LogP contribution is -2.38. The van der Waals surface area contributed by atoms with Crippen molar-refractivity contribution < 1.29 is 18.7 Å². The first-order chi connectivity index (χ1) is 8.92. The average Bonchev–Trinajstić information content (AvgIpc) is 2.34. The minimum absolute atomic E-state index is 0.140. The van der Waals surface area contributed by atoms with Crippen LogP contribution in [0.1, 0.15) is 11.1 Å². The summed E-state index contributed by atoms with van der Waals surface area (Å²) < 4.78 is 17.7. The molecule has 1 amide bonds. The average molecular weight is 265 g/mol. The fourth-order valence-corrected chi connectivity index (χ4v) is 1.93. The number of carbonyl (C=O) groups is 2. The number of anilines is 1. The lowest BCUT2D eigenvalue weighted by atomic mass is 10.1. The summed E-state index contributed by atoms with van der Waals surface area (Å²) in [5, 5.41) is 0. The maximum absolute atomic E-state index is 13.3. The van der Waals surface area contributed by atoms with Crippen LogP contribution in [0.25, 0.3) is 0 Å². The third-order valence-electron chi connectivity index (χ3n) is 2.64. The Bertz CT molecular complexity index is 502. The highest BCUT2D eigenvalue weighted by Gasteiger charge is 2.25. The largest absolute Gasteiger partial charge is 0.462 e. The van der Waals surface area contributed by atoms with E-state index in [0.29, 0.717) is 16.8 Å². The molecule has 0 saturated heterocycles. The summed E-state index contributed by atoms with van der Waals surface area (Å²) in [6.07, 6.45) is 1.49. The molecule has 5 heteroatoms. The fourth-order valence-electron chi connectivity index (χ4n) is 1.93. The van der Waals surface area contributed by atoms with Crippen molar-refractivity contribution in [3.05, 3.63) is 41.7 Å². The number of benzene rings is 1. The zero-order valence-corrected chi connectivity index (χ0v) is 11.2. The molecule has 0 heterocycles. The summed E-state index contributed by atoms with van der Waals surface area (Å²) in [5.74, 6) is -2.16. The lowest BCUT2D eigenvalue weighted by Gasteiger charge is -2.24. The van der Waals surface area contributed by atoms with E-state index in [1.165, 1.54) is 23.1 Å². The number of amides is 1. The van der Waals surface area contributed by atoms with Crippen LogP contribution in [0.15, 0.2) is 24.8 Å². The number of aryl methyl sites for hydroxylation is 2. The molecule has 0 aliphatic heterocycles. The van der Waals surface area contributed by atoms with E-state index in [9.17, 15) is 14.0 Å². The Morgan fingerprint density at radius 1 is 1.37 bits per heavy atom. The smallest absolute Gasteiger partial charge is 0.397 e. The summed E-state index contributed by atoms with van der Waals surface area (Å²) in [4.78, 5) is 24.6. The highest BCUT2D eigenvalue weighted by Crippen LogP contribution is 2.26.